The van der Waals surface area contributed by atoms with Crippen molar-refractivity contribution in [3.63, 3.8) is 0 Å². The van der Waals surface area contributed by atoms with Gasteiger partial charge in [0.1, 0.15) is 28.6 Å². The van der Waals surface area contributed by atoms with E-state index in [1.807, 2.05) is 0 Å². The molecular formula is C42H41F7N8O4. The van der Waals surface area contributed by atoms with E-state index in [1.54, 1.807) is 36.2 Å². The van der Waals surface area contributed by atoms with Gasteiger partial charge in [-0.1, -0.05) is 24.1 Å². The number of urea groups is 1. The Morgan fingerprint density at radius 2 is 1.79 bits per heavy atom. The second-order valence-electron chi connectivity index (χ2n) is 15.0. The van der Waals surface area contributed by atoms with Gasteiger partial charge in [-0.05, 0) is 68.5 Å². The Kier molecular flexibility index (Phi) is 12.6. The number of aromatic nitrogens is 3. The van der Waals surface area contributed by atoms with Gasteiger partial charge in [-0.15, -0.1) is 6.58 Å². The summed E-state index contributed by atoms with van der Waals surface area (Å²) < 4.78 is 108. The molecule has 19 heteroatoms. The number of ether oxygens (including phenoxy) is 1. The Balaban J connectivity index is 1.45. The number of anilines is 1. The Labute approximate surface area is 345 Å². The van der Waals surface area contributed by atoms with Gasteiger partial charge in [0.05, 0.1) is 48.6 Å². The normalized spacial score (nSPS) is 17.1. The van der Waals surface area contributed by atoms with Crippen molar-refractivity contribution in [2.45, 2.75) is 50.4 Å². The average molecular weight is 855 g/mol. The van der Waals surface area contributed by atoms with Gasteiger partial charge in [-0.25, -0.2) is 18.6 Å². The van der Waals surface area contributed by atoms with Gasteiger partial charge in [0.15, 0.2) is 5.82 Å². The number of nitrogens with zero attached hydrogens (tertiary/aromatic N) is 4. The van der Waals surface area contributed by atoms with Crippen LogP contribution in [0.25, 0.3) is 22.0 Å². The van der Waals surface area contributed by atoms with Crippen molar-refractivity contribution in [3.05, 3.63) is 101 Å². The minimum absolute atomic E-state index is 0.0307. The number of amides is 3. The lowest BCUT2D eigenvalue weighted by Crippen LogP contribution is -2.43. The van der Waals surface area contributed by atoms with E-state index in [9.17, 15) is 36.6 Å². The van der Waals surface area contributed by atoms with Crippen molar-refractivity contribution < 1.29 is 50.2 Å². The predicted octanol–water partition coefficient (Wildman–Crippen LogP) is 6.57. The van der Waals surface area contributed by atoms with Crippen LogP contribution in [-0.2, 0) is 23.0 Å². The zero-order chi connectivity index (χ0) is 44.4. The van der Waals surface area contributed by atoms with Gasteiger partial charge < -0.3 is 25.4 Å². The molecule has 5 N–H and O–H groups in total. The fraction of sp³-hybridized carbons (Fsp3) is 0.357. The fourth-order valence-corrected chi connectivity index (χ4v) is 7.13. The molecule has 6 rings (SSSR count). The number of benzene rings is 2. The zero-order valence-electron chi connectivity index (χ0n) is 33.1. The summed E-state index contributed by atoms with van der Waals surface area (Å²) in [6, 6.07) is 9.15. The standard InChI is InChI=1S/C42H41F7N8O4/c1-5-24-20-31(36(50)42(47,48)49)37(41(24,45)46)51-22-33(58)53-32(19-23-17-25(43)21-26(44)18-23)34-28(10-9-27(52-34)11-12-40(2,3)60)29-7-6-8-30-35(29)56(4)55-38(30)54-39(59)57-13-15-61-16-14-57/h5-10,17-18,21,24,32,50-51,60H,1,13-16,19-20,22H2,2-4H3,(H,53,58)(H,54,55,59)/t24-,32+/m1/s1. The number of rotatable bonds is 11. The van der Waals surface area contributed by atoms with E-state index in [0.29, 0.717) is 54.4 Å². The van der Waals surface area contributed by atoms with Gasteiger partial charge in [-0.2, -0.15) is 27.1 Å². The minimum Gasteiger partial charge on any atom is -0.378 e. The lowest BCUT2D eigenvalue weighted by Gasteiger charge is -2.26. The summed E-state index contributed by atoms with van der Waals surface area (Å²) in [7, 11) is 1.63. The van der Waals surface area contributed by atoms with E-state index in [-0.39, 0.29) is 29.2 Å². The molecule has 0 unspecified atom stereocenters. The number of aryl methyl sites for hydroxylation is 1. The molecule has 1 saturated heterocycles. The molecule has 0 bridgehead atoms. The van der Waals surface area contributed by atoms with Crippen LogP contribution in [0.1, 0.15) is 43.3 Å². The number of aliphatic hydroxyl groups is 1. The first-order valence-electron chi connectivity index (χ1n) is 18.9. The first kappa shape index (κ1) is 44.3. The Morgan fingerprint density at radius 3 is 2.43 bits per heavy atom. The highest BCUT2D eigenvalue weighted by molar-refractivity contribution is 6.05. The summed E-state index contributed by atoms with van der Waals surface area (Å²) in [4.78, 5) is 33.3. The molecule has 3 amide bonds. The van der Waals surface area contributed by atoms with Crippen LogP contribution in [0.15, 0.2) is 72.5 Å². The second-order valence-corrected chi connectivity index (χ2v) is 15.0. The van der Waals surface area contributed by atoms with Gasteiger partial charge in [-0.3, -0.25) is 20.2 Å². The van der Waals surface area contributed by atoms with Crippen LogP contribution in [0.3, 0.4) is 0 Å². The molecule has 1 aliphatic heterocycles. The minimum atomic E-state index is -5.27. The van der Waals surface area contributed by atoms with Gasteiger partial charge in [0.25, 0.3) is 5.92 Å². The summed E-state index contributed by atoms with van der Waals surface area (Å²) in [5.41, 5.74) is -4.35. The number of hydrogen-bond acceptors (Lipinski definition) is 8. The molecule has 4 aromatic rings. The van der Waals surface area contributed by atoms with Gasteiger partial charge in [0, 0.05) is 48.3 Å². The van der Waals surface area contributed by atoms with Crippen molar-refractivity contribution in [1.82, 2.24) is 30.3 Å². The van der Waals surface area contributed by atoms with Crippen molar-refractivity contribution in [3.8, 4) is 23.0 Å². The smallest absolute Gasteiger partial charge is 0.378 e. The van der Waals surface area contributed by atoms with E-state index >= 15 is 8.78 Å². The average Bonchev–Trinajstić information content (AvgIpc) is 3.65. The second kappa shape index (κ2) is 17.4. The SMILES string of the molecule is C=C[C@@H]1CC(C(=N)C(F)(F)F)=C(NCC(=O)N[C@@H](Cc2cc(F)cc(F)c2)c2nc(C#CC(C)(C)O)ccc2-c2cccc3c(NC(=O)N4CCOCC4)nn(C)c23)C1(F)F. The summed E-state index contributed by atoms with van der Waals surface area (Å²) in [6.45, 7) is 6.61. The largest absolute Gasteiger partial charge is 0.433 e. The highest BCUT2D eigenvalue weighted by atomic mass is 19.4. The van der Waals surface area contributed by atoms with Crippen LogP contribution in [0, 0.1) is 34.8 Å². The molecule has 0 radical (unpaired) electrons. The molecule has 2 aromatic heterocycles. The van der Waals surface area contributed by atoms with Crippen molar-refractivity contribution >= 4 is 34.4 Å². The molecule has 1 fully saturated rings. The van der Waals surface area contributed by atoms with Crippen LogP contribution in [0.4, 0.5) is 41.3 Å². The monoisotopic (exact) mass is 854 g/mol. The molecule has 2 aromatic carbocycles. The van der Waals surface area contributed by atoms with E-state index in [0.717, 1.165) is 18.2 Å². The highest BCUT2D eigenvalue weighted by Gasteiger charge is 2.53. The molecule has 0 spiro atoms. The zero-order valence-corrected chi connectivity index (χ0v) is 33.1. The molecule has 322 valence electrons. The highest BCUT2D eigenvalue weighted by Crippen LogP contribution is 2.46. The van der Waals surface area contributed by atoms with Crippen LogP contribution >= 0.6 is 0 Å². The number of alkyl halides is 5. The number of carbonyl (C=O) groups is 2. The Bertz CT molecular complexity index is 2460. The maximum absolute atomic E-state index is 15.4. The molecule has 0 saturated carbocycles. The summed E-state index contributed by atoms with van der Waals surface area (Å²) in [5.74, 6) is -3.05. The third-order valence-electron chi connectivity index (χ3n) is 9.95. The van der Waals surface area contributed by atoms with E-state index in [2.05, 4.69) is 39.5 Å². The number of allylic oxidation sites excluding steroid dienone is 3. The number of fused-ring (bicyclic) bond motifs is 1. The van der Waals surface area contributed by atoms with E-state index in [4.69, 9.17) is 15.1 Å². The molecule has 1 aliphatic carbocycles. The number of morpholine rings is 1. The van der Waals surface area contributed by atoms with Gasteiger partial charge in [0.2, 0.25) is 5.91 Å². The predicted molar refractivity (Wildman–Crippen MR) is 212 cm³/mol. The fourth-order valence-electron chi connectivity index (χ4n) is 7.13. The first-order valence-corrected chi connectivity index (χ1v) is 18.9. The lowest BCUT2D eigenvalue weighted by molar-refractivity contribution is -0.121. The van der Waals surface area contributed by atoms with Crippen molar-refractivity contribution in [2.75, 3.05) is 38.2 Å². The number of halogens is 7. The number of nitrogens with one attached hydrogen (secondary N) is 4. The maximum atomic E-state index is 15.4. The Hall–Kier alpha value is -6.26. The Morgan fingerprint density at radius 1 is 1.10 bits per heavy atom. The maximum Gasteiger partial charge on any atom is 0.433 e. The summed E-state index contributed by atoms with van der Waals surface area (Å²) in [6.07, 6.45) is -5.71. The molecule has 2 atom stereocenters. The van der Waals surface area contributed by atoms with Crippen LogP contribution in [0.2, 0.25) is 0 Å². The lowest BCUT2D eigenvalue weighted by atomic mass is 9.93. The third-order valence-corrected chi connectivity index (χ3v) is 9.95. The van der Waals surface area contributed by atoms with E-state index in [1.165, 1.54) is 24.6 Å². The topological polar surface area (TPSA) is 157 Å². The number of pyridine rings is 1. The molecule has 12 nitrogen and oxygen atoms in total. The van der Waals surface area contributed by atoms with Crippen LogP contribution < -0.4 is 16.0 Å². The van der Waals surface area contributed by atoms with Crippen molar-refractivity contribution in [2.24, 2.45) is 13.0 Å². The summed E-state index contributed by atoms with van der Waals surface area (Å²) in [5, 5.41) is 30.6. The summed E-state index contributed by atoms with van der Waals surface area (Å²) >= 11 is 0. The van der Waals surface area contributed by atoms with Gasteiger partial charge >= 0.3 is 12.2 Å². The molecular weight excluding hydrogens is 813 g/mol. The van der Waals surface area contributed by atoms with Crippen LogP contribution in [0.5, 0.6) is 0 Å². The van der Waals surface area contributed by atoms with E-state index < -0.39 is 83.2 Å². The van der Waals surface area contributed by atoms with Crippen LogP contribution in [-0.4, -0.2) is 93.0 Å². The molecule has 61 heavy (non-hydrogen) atoms. The van der Waals surface area contributed by atoms with Crippen molar-refractivity contribution in [1.29, 1.82) is 5.41 Å². The molecule has 2 aliphatic rings. The molecule has 3 heterocycles. The number of para-hydroxylation sites is 1. The quantitative estimate of drug-likeness (QED) is 0.0495. The number of carbonyl (C=O) groups excluding carboxylic acids is 2. The number of hydrogen-bond donors (Lipinski definition) is 5. The first-order chi connectivity index (χ1) is 28.7. The third kappa shape index (κ3) is 10.0.